The zero-order chi connectivity index (χ0) is 13.3. The fraction of sp³-hybridized carbons (Fsp3) is 0.222. The summed E-state index contributed by atoms with van der Waals surface area (Å²) in [7, 11) is 1.33. The van der Waals surface area contributed by atoms with Crippen LogP contribution in [0.3, 0.4) is 0 Å². The lowest BCUT2D eigenvalue weighted by atomic mass is 10.4. The fourth-order valence-corrected chi connectivity index (χ4v) is 1.25. The van der Waals surface area contributed by atoms with Gasteiger partial charge in [-0.2, -0.15) is 18.3 Å². The molecule has 0 saturated heterocycles. The molecule has 0 spiro atoms. The summed E-state index contributed by atoms with van der Waals surface area (Å²) in [5.74, 6) is -0.0740. The predicted octanol–water partition coefficient (Wildman–Crippen LogP) is 2.67. The van der Waals surface area contributed by atoms with Gasteiger partial charge >= 0.3 is 6.18 Å². The van der Waals surface area contributed by atoms with Crippen molar-refractivity contribution < 1.29 is 17.9 Å². The third-order valence-electron chi connectivity index (χ3n) is 1.94. The first-order valence-electron chi connectivity index (χ1n) is 4.64. The van der Waals surface area contributed by atoms with E-state index in [1.165, 1.54) is 19.2 Å². The molecule has 0 radical (unpaired) electrons. The van der Waals surface area contributed by atoms with Crippen molar-refractivity contribution in [3.05, 3.63) is 29.0 Å². The molecule has 18 heavy (non-hydrogen) atoms. The Morgan fingerprint density at radius 3 is 2.50 bits per heavy atom. The van der Waals surface area contributed by atoms with Crippen LogP contribution in [0.1, 0.15) is 5.69 Å². The van der Waals surface area contributed by atoms with Crippen LogP contribution in [-0.2, 0) is 13.2 Å². The maximum atomic E-state index is 12.4. The monoisotopic (exact) mass is 278 g/mol. The van der Waals surface area contributed by atoms with Crippen LogP contribution in [0.25, 0.3) is 0 Å². The maximum Gasteiger partial charge on any atom is 0.435 e. The molecule has 5 nitrogen and oxygen atoms in total. The molecule has 0 N–H and O–H groups in total. The molecule has 2 heterocycles. The zero-order valence-corrected chi connectivity index (χ0v) is 9.70. The normalized spacial score (nSPS) is 11.6. The average Bonchev–Trinajstić information content (AvgIpc) is 2.63. The molecule has 2 aromatic heterocycles. The summed E-state index contributed by atoms with van der Waals surface area (Å²) in [6, 6.07) is 3.57. The summed E-state index contributed by atoms with van der Waals surface area (Å²) in [5, 5.41) is 10.5. The summed E-state index contributed by atoms with van der Waals surface area (Å²) in [6.45, 7) is 0. The van der Waals surface area contributed by atoms with Crippen molar-refractivity contribution in [3.63, 3.8) is 0 Å². The maximum absolute atomic E-state index is 12.4. The minimum Gasteiger partial charge on any atom is -0.419 e. The quantitative estimate of drug-likeness (QED) is 0.847. The second kappa shape index (κ2) is 4.45. The van der Waals surface area contributed by atoms with Crippen LogP contribution < -0.4 is 4.74 Å². The van der Waals surface area contributed by atoms with Crippen molar-refractivity contribution in [3.8, 4) is 11.8 Å². The predicted molar refractivity (Wildman–Crippen MR) is 55.3 cm³/mol. The van der Waals surface area contributed by atoms with Crippen molar-refractivity contribution >= 4 is 11.6 Å². The van der Waals surface area contributed by atoms with Gasteiger partial charge in [0.1, 0.15) is 0 Å². The first-order chi connectivity index (χ1) is 8.36. The molecule has 0 unspecified atom stereocenters. The van der Waals surface area contributed by atoms with E-state index in [1.54, 1.807) is 0 Å². The first-order valence-corrected chi connectivity index (χ1v) is 5.02. The Kier molecular flexibility index (Phi) is 3.12. The molecule has 9 heteroatoms. The van der Waals surface area contributed by atoms with Crippen molar-refractivity contribution in [2.45, 2.75) is 6.18 Å². The second-order valence-corrected chi connectivity index (χ2v) is 3.67. The van der Waals surface area contributed by atoms with Gasteiger partial charge in [-0.25, -0.2) is 4.68 Å². The van der Waals surface area contributed by atoms with Crippen LogP contribution in [0.15, 0.2) is 18.2 Å². The Morgan fingerprint density at radius 2 is 2.00 bits per heavy atom. The zero-order valence-electron chi connectivity index (χ0n) is 8.94. The number of rotatable bonds is 2. The third kappa shape index (κ3) is 2.70. The van der Waals surface area contributed by atoms with Gasteiger partial charge in [0.05, 0.1) is 0 Å². The number of halogens is 4. The number of nitrogens with zero attached hydrogens (tertiary/aromatic N) is 4. The minimum absolute atomic E-state index is 0.0242. The van der Waals surface area contributed by atoms with Gasteiger partial charge in [-0.15, -0.1) is 10.2 Å². The van der Waals surface area contributed by atoms with Gasteiger partial charge in [-0.3, -0.25) is 0 Å². The van der Waals surface area contributed by atoms with Crippen molar-refractivity contribution in [2.75, 3.05) is 0 Å². The molecule has 2 aromatic rings. The molecule has 0 fully saturated rings. The largest absolute Gasteiger partial charge is 0.435 e. The number of hydrogen-bond acceptors (Lipinski definition) is 4. The summed E-state index contributed by atoms with van der Waals surface area (Å²) in [4.78, 5) is 0. The molecular weight excluding hydrogens is 273 g/mol. The van der Waals surface area contributed by atoms with E-state index >= 15 is 0 Å². The van der Waals surface area contributed by atoms with Crippen molar-refractivity contribution in [1.82, 2.24) is 20.0 Å². The fourth-order valence-electron chi connectivity index (χ4n) is 1.15. The van der Waals surface area contributed by atoms with E-state index in [0.717, 1.165) is 10.7 Å². The Morgan fingerprint density at radius 1 is 1.28 bits per heavy atom. The van der Waals surface area contributed by atoms with Gasteiger partial charge in [-0.1, -0.05) is 11.6 Å². The molecule has 0 atom stereocenters. The number of aryl methyl sites for hydroxylation is 1. The van der Waals surface area contributed by atoms with E-state index in [0.29, 0.717) is 0 Å². The van der Waals surface area contributed by atoms with Crippen LogP contribution in [0.5, 0.6) is 11.8 Å². The Labute approximate surface area is 104 Å². The van der Waals surface area contributed by atoms with Gasteiger partial charge in [0.2, 0.25) is 11.8 Å². The van der Waals surface area contributed by atoms with Gasteiger partial charge in [0.15, 0.2) is 10.8 Å². The third-order valence-corrected chi connectivity index (χ3v) is 2.15. The Balaban J connectivity index is 2.24. The molecular formula is C9H6ClF3N4O. The molecule has 0 saturated carbocycles. The van der Waals surface area contributed by atoms with E-state index < -0.39 is 11.9 Å². The van der Waals surface area contributed by atoms with E-state index in [2.05, 4.69) is 15.3 Å². The number of alkyl halides is 3. The highest BCUT2D eigenvalue weighted by Crippen LogP contribution is 2.31. The smallest absolute Gasteiger partial charge is 0.419 e. The van der Waals surface area contributed by atoms with Crippen LogP contribution >= 0.6 is 11.6 Å². The number of ether oxygens (including phenoxy) is 1. The van der Waals surface area contributed by atoms with Crippen molar-refractivity contribution in [1.29, 1.82) is 0 Å². The van der Waals surface area contributed by atoms with Gasteiger partial charge in [0, 0.05) is 19.2 Å². The second-order valence-electron chi connectivity index (χ2n) is 3.29. The van der Waals surface area contributed by atoms with Crippen molar-refractivity contribution in [2.24, 2.45) is 7.05 Å². The Hall–Kier alpha value is -1.83. The lowest BCUT2D eigenvalue weighted by Gasteiger charge is -2.02. The topological polar surface area (TPSA) is 52.8 Å². The standard InChI is InChI=1S/C9H6ClF3N4O/c1-17-8(4-5(16-17)9(11,12)13)18-7-3-2-6(10)14-15-7/h2-4H,1H3. The lowest BCUT2D eigenvalue weighted by molar-refractivity contribution is -0.141. The van der Waals surface area contributed by atoms with E-state index in [9.17, 15) is 13.2 Å². The first kappa shape index (κ1) is 12.6. The number of hydrogen-bond donors (Lipinski definition) is 0. The molecule has 0 bridgehead atoms. The SMILES string of the molecule is Cn1nc(C(F)(F)F)cc1Oc1ccc(Cl)nn1. The molecule has 0 aliphatic rings. The van der Waals surface area contributed by atoms with Gasteiger partial charge < -0.3 is 4.74 Å². The summed E-state index contributed by atoms with van der Waals surface area (Å²) in [5.41, 5.74) is -1.04. The van der Waals surface area contributed by atoms with Crippen LogP contribution in [0.2, 0.25) is 5.15 Å². The van der Waals surface area contributed by atoms with Crippen LogP contribution in [0, 0.1) is 0 Å². The van der Waals surface area contributed by atoms with Gasteiger partial charge in [0.25, 0.3) is 0 Å². The van der Waals surface area contributed by atoms with E-state index in [4.69, 9.17) is 16.3 Å². The highest BCUT2D eigenvalue weighted by Gasteiger charge is 2.35. The highest BCUT2D eigenvalue weighted by molar-refractivity contribution is 6.29. The molecule has 0 aliphatic carbocycles. The molecule has 0 amide bonds. The Bertz CT molecular complexity index is 552. The average molecular weight is 279 g/mol. The lowest BCUT2D eigenvalue weighted by Crippen LogP contribution is -2.06. The minimum atomic E-state index is -4.52. The highest BCUT2D eigenvalue weighted by atomic mass is 35.5. The summed E-state index contributed by atoms with van der Waals surface area (Å²) in [6.07, 6.45) is -4.52. The van der Waals surface area contributed by atoms with E-state index in [1.807, 2.05) is 0 Å². The van der Waals surface area contributed by atoms with Crippen LogP contribution in [-0.4, -0.2) is 20.0 Å². The van der Waals surface area contributed by atoms with E-state index in [-0.39, 0.29) is 16.9 Å². The molecule has 0 aromatic carbocycles. The molecule has 0 aliphatic heterocycles. The van der Waals surface area contributed by atoms with Gasteiger partial charge in [-0.05, 0) is 6.07 Å². The molecule has 96 valence electrons. The van der Waals surface area contributed by atoms with Crippen LogP contribution in [0.4, 0.5) is 13.2 Å². The summed E-state index contributed by atoms with van der Waals surface area (Å²) < 4.78 is 43.3. The number of aromatic nitrogens is 4. The summed E-state index contributed by atoms with van der Waals surface area (Å²) >= 11 is 5.51. The molecule has 2 rings (SSSR count).